The molecular formula is C26H20FNO4. The molecule has 0 aliphatic carbocycles. The molecular weight excluding hydrogens is 409 g/mol. The van der Waals surface area contributed by atoms with Crippen LogP contribution < -0.4 is 4.74 Å². The van der Waals surface area contributed by atoms with Gasteiger partial charge in [-0.3, -0.25) is 4.79 Å². The Bertz CT molecular complexity index is 1320. The minimum absolute atomic E-state index is 0.0638. The summed E-state index contributed by atoms with van der Waals surface area (Å²) in [5, 5.41) is 0.646. The molecule has 1 heterocycles. The largest absolute Gasteiger partial charge is 0.496 e. The van der Waals surface area contributed by atoms with Crippen LogP contribution in [0.3, 0.4) is 0 Å². The van der Waals surface area contributed by atoms with Crippen LogP contribution >= 0.6 is 0 Å². The first-order chi connectivity index (χ1) is 15.5. The molecule has 0 fully saturated rings. The van der Waals surface area contributed by atoms with Crippen molar-refractivity contribution in [2.45, 2.75) is 13.5 Å². The number of carbonyl (C=O) groups is 2. The fraction of sp³-hybridized carbons (Fsp3) is 0.115. The Hall–Kier alpha value is -4.06. The SMILES string of the molecule is COc1ccc(C(C)=O)cc1COC(=O)c1cc(-c2ccc(F)cc2)nc2ccccc12. The van der Waals surface area contributed by atoms with Crippen LogP contribution in [0.4, 0.5) is 4.39 Å². The summed E-state index contributed by atoms with van der Waals surface area (Å²) in [5.41, 5.74) is 3.28. The topological polar surface area (TPSA) is 65.5 Å². The number of aromatic nitrogens is 1. The molecule has 32 heavy (non-hydrogen) atoms. The van der Waals surface area contributed by atoms with Gasteiger partial charge < -0.3 is 9.47 Å². The Labute approximate surface area is 184 Å². The second-order valence-electron chi connectivity index (χ2n) is 7.24. The van der Waals surface area contributed by atoms with Crippen molar-refractivity contribution in [3.8, 4) is 17.0 Å². The Morgan fingerprint density at radius 1 is 0.969 bits per heavy atom. The molecule has 1 aromatic heterocycles. The van der Waals surface area contributed by atoms with Gasteiger partial charge in [0.25, 0.3) is 0 Å². The second-order valence-corrected chi connectivity index (χ2v) is 7.24. The number of methoxy groups -OCH3 is 1. The van der Waals surface area contributed by atoms with E-state index in [1.54, 1.807) is 48.5 Å². The first kappa shape index (κ1) is 21.2. The number of ether oxygens (including phenoxy) is 2. The molecule has 0 unspecified atom stereocenters. The molecule has 0 spiro atoms. The highest BCUT2D eigenvalue weighted by Gasteiger charge is 2.17. The van der Waals surface area contributed by atoms with Crippen LogP contribution in [0.2, 0.25) is 0 Å². The summed E-state index contributed by atoms with van der Waals surface area (Å²) in [7, 11) is 1.51. The summed E-state index contributed by atoms with van der Waals surface area (Å²) < 4.78 is 24.3. The molecule has 5 nitrogen and oxygen atoms in total. The van der Waals surface area contributed by atoms with E-state index in [0.717, 1.165) is 0 Å². The summed E-state index contributed by atoms with van der Waals surface area (Å²) in [6.45, 7) is 1.41. The van der Waals surface area contributed by atoms with E-state index in [2.05, 4.69) is 4.98 Å². The van der Waals surface area contributed by atoms with Crippen LogP contribution in [-0.2, 0) is 11.3 Å². The lowest BCUT2D eigenvalue weighted by atomic mass is 10.0. The lowest BCUT2D eigenvalue weighted by Gasteiger charge is -2.12. The van der Waals surface area contributed by atoms with Crippen molar-refractivity contribution >= 4 is 22.7 Å². The number of fused-ring (bicyclic) bond motifs is 1. The highest BCUT2D eigenvalue weighted by Crippen LogP contribution is 2.27. The van der Waals surface area contributed by atoms with Crippen molar-refractivity contribution in [2.75, 3.05) is 7.11 Å². The molecule has 4 aromatic rings. The van der Waals surface area contributed by atoms with Gasteiger partial charge in [0.2, 0.25) is 0 Å². The number of pyridine rings is 1. The van der Waals surface area contributed by atoms with Gasteiger partial charge >= 0.3 is 5.97 Å². The quantitative estimate of drug-likeness (QED) is 0.294. The maximum absolute atomic E-state index is 13.3. The molecule has 0 aliphatic heterocycles. The van der Waals surface area contributed by atoms with Crippen molar-refractivity contribution < 1.29 is 23.5 Å². The highest BCUT2D eigenvalue weighted by molar-refractivity contribution is 6.04. The minimum atomic E-state index is -0.540. The standard InChI is InChI=1S/C26H20FNO4/c1-16(29)18-9-12-25(31-2)19(13-18)15-32-26(30)22-14-24(17-7-10-20(27)11-8-17)28-23-6-4-3-5-21(22)23/h3-14H,15H2,1-2H3. The van der Waals surface area contributed by atoms with Crippen LogP contribution in [-0.4, -0.2) is 23.8 Å². The molecule has 0 amide bonds. The second kappa shape index (κ2) is 8.98. The Balaban J connectivity index is 1.69. The van der Waals surface area contributed by atoms with Gasteiger partial charge in [-0.2, -0.15) is 0 Å². The summed E-state index contributed by atoms with van der Waals surface area (Å²) >= 11 is 0. The lowest BCUT2D eigenvalue weighted by molar-refractivity contribution is 0.0472. The monoisotopic (exact) mass is 429 g/mol. The first-order valence-electron chi connectivity index (χ1n) is 9.97. The van der Waals surface area contributed by atoms with Gasteiger partial charge in [0.15, 0.2) is 5.78 Å². The fourth-order valence-corrected chi connectivity index (χ4v) is 3.44. The van der Waals surface area contributed by atoms with Gasteiger partial charge in [-0.25, -0.2) is 14.2 Å². The molecule has 0 saturated carbocycles. The van der Waals surface area contributed by atoms with Crippen molar-refractivity contribution in [3.63, 3.8) is 0 Å². The van der Waals surface area contributed by atoms with E-state index >= 15 is 0 Å². The fourth-order valence-electron chi connectivity index (χ4n) is 3.44. The normalized spacial score (nSPS) is 10.7. The van der Waals surface area contributed by atoms with Crippen molar-refractivity contribution in [2.24, 2.45) is 0 Å². The smallest absolute Gasteiger partial charge is 0.339 e. The number of Topliss-reactive ketones (excluding diaryl/α,β-unsaturated/α-hetero) is 1. The number of ketones is 1. The Morgan fingerprint density at radius 3 is 2.44 bits per heavy atom. The van der Waals surface area contributed by atoms with Gasteiger partial charge in [0.1, 0.15) is 18.2 Å². The molecule has 0 atom stereocenters. The van der Waals surface area contributed by atoms with Crippen LogP contribution in [0.15, 0.2) is 72.8 Å². The third kappa shape index (κ3) is 4.34. The number of hydrogen-bond acceptors (Lipinski definition) is 5. The molecule has 0 aliphatic rings. The number of halogens is 1. The Kier molecular flexibility index (Phi) is 5.94. The third-order valence-corrected chi connectivity index (χ3v) is 5.12. The van der Waals surface area contributed by atoms with E-state index in [-0.39, 0.29) is 18.2 Å². The van der Waals surface area contributed by atoms with Crippen LogP contribution in [0, 0.1) is 5.82 Å². The molecule has 0 radical (unpaired) electrons. The zero-order valence-corrected chi connectivity index (χ0v) is 17.6. The molecule has 6 heteroatoms. The molecule has 3 aromatic carbocycles. The van der Waals surface area contributed by atoms with Gasteiger partial charge in [0, 0.05) is 22.1 Å². The maximum Gasteiger partial charge on any atom is 0.339 e. The van der Waals surface area contributed by atoms with Crippen molar-refractivity contribution in [3.05, 3.63) is 95.3 Å². The van der Waals surface area contributed by atoms with Crippen molar-refractivity contribution in [1.29, 1.82) is 0 Å². The zero-order chi connectivity index (χ0) is 22.7. The van der Waals surface area contributed by atoms with Gasteiger partial charge in [-0.05, 0) is 61.5 Å². The zero-order valence-electron chi connectivity index (χ0n) is 17.6. The van der Waals surface area contributed by atoms with Gasteiger partial charge in [-0.1, -0.05) is 18.2 Å². The predicted molar refractivity (Wildman–Crippen MR) is 119 cm³/mol. The van der Waals surface area contributed by atoms with E-state index in [1.807, 2.05) is 12.1 Å². The number of benzene rings is 3. The van der Waals surface area contributed by atoms with Crippen LogP contribution in [0.25, 0.3) is 22.2 Å². The summed E-state index contributed by atoms with van der Waals surface area (Å²) in [4.78, 5) is 29.4. The van der Waals surface area contributed by atoms with Crippen LogP contribution in [0.5, 0.6) is 5.75 Å². The number of hydrogen-bond donors (Lipinski definition) is 0. The third-order valence-electron chi connectivity index (χ3n) is 5.12. The number of rotatable bonds is 6. The average molecular weight is 429 g/mol. The molecule has 0 N–H and O–H groups in total. The molecule has 0 bridgehead atoms. The first-order valence-corrected chi connectivity index (χ1v) is 9.97. The average Bonchev–Trinajstić information content (AvgIpc) is 2.82. The van der Waals surface area contributed by atoms with Crippen molar-refractivity contribution in [1.82, 2.24) is 4.98 Å². The van der Waals surface area contributed by atoms with E-state index < -0.39 is 5.97 Å². The van der Waals surface area contributed by atoms with E-state index in [1.165, 1.54) is 26.2 Å². The number of esters is 1. The number of nitrogens with zero attached hydrogens (tertiary/aromatic N) is 1. The minimum Gasteiger partial charge on any atom is -0.496 e. The number of carbonyl (C=O) groups excluding carboxylic acids is 2. The Morgan fingerprint density at radius 2 is 1.72 bits per heavy atom. The van der Waals surface area contributed by atoms with E-state index in [0.29, 0.717) is 44.6 Å². The predicted octanol–water partition coefficient (Wildman–Crippen LogP) is 5.61. The van der Waals surface area contributed by atoms with Crippen LogP contribution in [0.1, 0.15) is 33.2 Å². The maximum atomic E-state index is 13.3. The molecule has 0 saturated heterocycles. The summed E-state index contributed by atoms with van der Waals surface area (Å²) in [5.74, 6) is -0.461. The summed E-state index contributed by atoms with van der Waals surface area (Å²) in [6.07, 6.45) is 0. The lowest BCUT2D eigenvalue weighted by Crippen LogP contribution is -2.08. The van der Waals surface area contributed by atoms with Gasteiger partial charge in [0.05, 0.1) is 23.9 Å². The summed E-state index contributed by atoms with van der Waals surface area (Å²) in [6, 6.07) is 19.8. The van der Waals surface area contributed by atoms with E-state index in [4.69, 9.17) is 9.47 Å². The highest BCUT2D eigenvalue weighted by atomic mass is 19.1. The van der Waals surface area contributed by atoms with E-state index in [9.17, 15) is 14.0 Å². The number of para-hydroxylation sites is 1. The molecule has 4 rings (SSSR count). The molecule has 160 valence electrons. The van der Waals surface area contributed by atoms with Gasteiger partial charge in [-0.15, -0.1) is 0 Å².